The van der Waals surface area contributed by atoms with Gasteiger partial charge >= 0.3 is 0 Å². The van der Waals surface area contributed by atoms with Gasteiger partial charge in [0.15, 0.2) is 0 Å². The molecule has 0 spiro atoms. The fraction of sp³-hybridized carbons (Fsp3) is 0.429. The summed E-state index contributed by atoms with van der Waals surface area (Å²) >= 11 is 0. The Morgan fingerprint density at radius 2 is 2.05 bits per heavy atom. The standard InChI is InChI=1S/C14H22N4O/c1-5-7-18(8-6-2)14(19)12-16(3)10-13-9-15-17(4)11-13/h5-6,9,11H,1-2,7-8,10,12H2,3-4H3. The Morgan fingerprint density at radius 3 is 2.53 bits per heavy atom. The van der Waals surface area contributed by atoms with Gasteiger partial charge in [-0.25, -0.2) is 0 Å². The first-order valence-electron chi connectivity index (χ1n) is 6.22. The fourth-order valence-corrected chi connectivity index (χ4v) is 1.84. The predicted octanol–water partition coefficient (Wildman–Crippen LogP) is 1.05. The molecule has 1 amide bonds. The van der Waals surface area contributed by atoms with Crippen molar-refractivity contribution in [2.24, 2.45) is 7.05 Å². The second-order valence-electron chi connectivity index (χ2n) is 4.57. The van der Waals surface area contributed by atoms with Crippen LogP contribution in [0.15, 0.2) is 37.7 Å². The van der Waals surface area contributed by atoms with E-state index in [0.29, 0.717) is 26.2 Å². The molecule has 5 heteroatoms. The molecule has 0 aromatic carbocycles. The van der Waals surface area contributed by atoms with Gasteiger partial charge in [-0.15, -0.1) is 13.2 Å². The van der Waals surface area contributed by atoms with E-state index in [1.165, 1.54) is 0 Å². The number of amides is 1. The molecule has 0 N–H and O–H groups in total. The van der Waals surface area contributed by atoms with E-state index in [4.69, 9.17) is 0 Å². The van der Waals surface area contributed by atoms with Gasteiger partial charge in [0.05, 0.1) is 12.7 Å². The summed E-state index contributed by atoms with van der Waals surface area (Å²) in [6.07, 6.45) is 7.21. The summed E-state index contributed by atoms with van der Waals surface area (Å²) in [6.45, 7) is 9.49. The molecule has 0 aliphatic carbocycles. The van der Waals surface area contributed by atoms with Gasteiger partial charge in [-0.3, -0.25) is 14.4 Å². The molecule has 1 aromatic heterocycles. The molecule has 0 saturated heterocycles. The number of nitrogens with zero attached hydrogens (tertiary/aromatic N) is 4. The quantitative estimate of drug-likeness (QED) is 0.658. The van der Waals surface area contributed by atoms with E-state index in [1.54, 1.807) is 21.7 Å². The van der Waals surface area contributed by atoms with Crippen molar-refractivity contribution < 1.29 is 4.79 Å². The molecule has 0 fully saturated rings. The second-order valence-corrected chi connectivity index (χ2v) is 4.57. The molecule has 1 aromatic rings. The van der Waals surface area contributed by atoms with Crippen LogP contribution >= 0.6 is 0 Å². The number of aromatic nitrogens is 2. The molecule has 1 rings (SSSR count). The van der Waals surface area contributed by atoms with Crippen LogP contribution in [0.4, 0.5) is 0 Å². The van der Waals surface area contributed by atoms with Crippen molar-refractivity contribution in [3.8, 4) is 0 Å². The number of likely N-dealkylation sites (N-methyl/N-ethyl adjacent to an activating group) is 1. The largest absolute Gasteiger partial charge is 0.334 e. The molecule has 1 heterocycles. The van der Waals surface area contributed by atoms with Crippen molar-refractivity contribution in [2.45, 2.75) is 6.54 Å². The zero-order valence-corrected chi connectivity index (χ0v) is 11.7. The van der Waals surface area contributed by atoms with Crippen LogP contribution in [0, 0.1) is 0 Å². The van der Waals surface area contributed by atoms with Gasteiger partial charge in [-0.05, 0) is 7.05 Å². The lowest BCUT2D eigenvalue weighted by Gasteiger charge is -2.23. The molecule has 5 nitrogen and oxygen atoms in total. The normalized spacial score (nSPS) is 10.5. The van der Waals surface area contributed by atoms with Gasteiger partial charge in [-0.1, -0.05) is 12.2 Å². The molecule has 0 atom stereocenters. The number of aryl methyl sites for hydroxylation is 1. The van der Waals surface area contributed by atoms with Gasteiger partial charge in [0.2, 0.25) is 5.91 Å². The van der Waals surface area contributed by atoms with Crippen LogP contribution in [-0.2, 0) is 18.4 Å². The minimum Gasteiger partial charge on any atom is -0.334 e. The first-order valence-corrected chi connectivity index (χ1v) is 6.22. The lowest BCUT2D eigenvalue weighted by Crippen LogP contribution is -2.38. The molecule has 19 heavy (non-hydrogen) atoms. The van der Waals surface area contributed by atoms with Gasteiger partial charge < -0.3 is 4.90 Å². The maximum Gasteiger partial charge on any atom is 0.237 e. The zero-order valence-electron chi connectivity index (χ0n) is 11.7. The summed E-state index contributed by atoms with van der Waals surface area (Å²) in [4.78, 5) is 15.8. The van der Waals surface area contributed by atoms with Gasteiger partial charge in [0.25, 0.3) is 0 Å². The summed E-state index contributed by atoms with van der Waals surface area (Å²) in [7, 11) is 3.80. The van der Waals surface area contributed by atoms with E-state index in [1.807, 2.05) is 31.4 Å². The topological polar surface area (TPSA) is 41.4 Å². The van der Waals surface area contributed by atoms with Crippen LogP contribution in [-0.4, -0.2) is 52.2 Å². The molecule has 0 radical (unpaired) electrons. The van der Waals surface area contributed by atoms with Gasteiger partial charge in [-0.2, -0.15) is 5.10 Å². The van der Waals surface area contributed by atoms with Crippen LogP contribution in [0.1, 0.15) is 5.56 Å². The number of rotatable bonds is 8. The minimum absolute atomic E-state index is 0.0752. The van der Waals surface area contributed by atoms with Crippen molar-refractivity contribution in [3.63, 3.8) is 0 Å². The number of carbonyl (C=O) groups excluding carboxylic acids is 1. The van der Waals surface area contributed by atoms with Gasteiger partial charge in [0, 0.05) is 38.4 Å². The lowest BCUT2D eigenvalue weighted by atomic mass is 10.3. The molecule has 0 saturated carbocycles. The van der Waals surface area contributed by atoms with Crippen LogP contribution in [0.2, 0.25) is 0 Å². The maximum atomic E-state index is 12.1. The van der Waals surface area contributed by atoms with Crippen LogP contribution in [0.5, 0.6) is 0 Å². The Bertz CT molecular complexity index is 428. The maximum absolute atomic E-state index is 12.1. The first kappa shape index (κ1) is 15.2. The van der Waals surface area contributed by atoms with Crippen molar-refractivity contribution in [2.75, 3.05) is 26.7 Å². The molecular weight excluding hydrogens is 240 g/mol. The Kier molecular flexibility index (Phi) is 6.02. The first-order chi connectivity index (χ1) is 9.06. The predicted molar refractivity (Wildman–Crippen MR) is 76.5 cm³/mol. The average molecular weight is 262 g/mol. The third-order valence-corrected chi connectivity index (χ3v) is 2.67. The van der Waals surface area contributed by atoms with Crippen LogP contribution in [0.25, 0.3) is 0 Å². The Labute approximate surface area is 114 Å². The highest BCUT2D eigenvalue weighted by Crippen LogP contribution is 2.02. The van der Waals surface area contributed by atoms with Crippen molar-refractivity contribution in [1.82, 2.24) is 19.6 Å². The number of hydrogen-bond donors (Lipinski definition) is 0. The molecule has 104 valence electrons. The number of carbonyl (C=O) groups is 1. The van der Waals surface area contributed by atoms with Crippen molar-refractivity contribution >= 4 is 5.91 Å². The lowest BCUT2D eigenvalue weighted by molar-refractivity contribution is -0.131. The molecular formula is C14H22N4O. The van der Waals surface area contributed by atoms with E-state index in [2.05, 4.69) is 18.3 Å². The molecule has 0 unspecified atom stereocenters. The average Bonchev–Trinajstić information content (AvgIpc) is 2.74. The Hall–Kier alpha value is -1.88. The van der Waals surface area contributed by atoms with Crippen LogP contribution < -0.4 is 0 Å². The third-order valence-electron chi connectivity index (χ3n) is 2.67. The summed E-state index contributed by atoms with van der Waals surface area (Å²) in [6, 6.07) is 0. The summed E-state index contributed by atoms with van der Waals surface area (Å²) in [5.41, 5.74) is 1.09. The van der Waals surface area contributed by atoms with Crippen molar-refractivity contribution in [1.29, 1.82) is 0 Å². The number of hydrogen-bond acceptors (Lipinski definition) is 3. The van der Waals surface area contributed by atoms with E-state index in [-0.39, 0.29) is 5.91 Å². The summed E-state index contributed by atoms with van der Waals surface area (Å²) < 4.78 is 1.76. The Morgan fingerprint density at radius 1 is 1.42 bits per heavy atom. The highest BCUT2D eigenvalue weighted by atomic mass is 16.2. The van der Waals surface area contributed by atoms with Gasteiger partial charge in [0.1, 0.15) is 0 Å². The Balaban J connectivity index is 2.49. The zero-order chi connectivity index (χ0) is 14.3. The highest BCUT2D eigenvalue weighted by molar-refractivity contribution is 5.78. The van der Waals surface area contributed by atoms with E-state index < -0.39 is 0 Å². The molecule has 0 aliphatic heterocycles. The van der Waals surface area contributed by atoms with Crippen molar-refractivity contribution in [3.05, 3.63) is 43.3 Å². The van der Waals surface area contributed by atoms with E-state index in [0.717, 1.165) is 5.56 Å². The molecule has 0 bridgehead atoms. The third kappa shape index (κ3) is 5.09. The molecule has 0 aliphatic rings. The van der Waals surface area contributed by atoms with Crippen LogP contribution in [0.3, 0.4) is 0 Å². The smallest absolute Gasteiger partial charge is 0.237 e. The van der Waals surface area contributed by atoms with E-state index in [9.17, 15) is 4.79 Å². The van der Waals surface area contributed by atoms with E-state index >= 15 is 0 Å². The summed E-state index contributed by atoms with van der Waals surface area (Å²) in [5.74, 6) is 0.0752. The summed E-state index contributed by atoms with van der Waals surface area (Å²) in [5, 5.41) is 4.11. The second kappa shape index (κ2) is 7.53. The monoisotopic (exact) mass is 262 g/mol. The minimum atomic E-state index is 0.0752. The highest BCUT2D eigenvalue weighted by Gasteiger charge is 2.13. The SMILES string of the molecule is C=CCN(CC=C)C(=O)CN(C)Cc1cnn(C)c1. The fourth-order valence-electron chi connectivity index (χ4n) is 1.84.